The van der Waals surface area contributed by atoms with Crippen molar-refractivity contribution in [1.29, 1.82) is 0 Å². The van der Waals surface area contributed by atoms with Crippen molar-refractivity contribution in [3.63, 3.8) is 0 Å². The van der Waals surface area contributed by atoms with Crippen LogP contribution in [-0.2, 0) is 11.3 Å². The fraction of sp³-hybridized carbons (Fsp3) is 0.467. The van der Waals surface area contributed by atoms with Crippen LogP contribution < -0.4 is 0 Å². The number of carbonyl (C=O) groups excluding carboxylic acids is 2. The van der Waals surface area contributed by atoms with Gasteiger partial charge in [-0.3, -0.25) is 4.79 Å². The number of fused-ring (bicyclic) bond motifs is 1. The van der Waals surface area contributed by atoms with Crippen LogP contribution in [0, 0.1) is 0 Å². The summed E-state index contributed by atoms with van der Waals surface area (Å²) in [6.45, 7) is 2.43. The SMILES string of the molecule is CC1CC(Cl)=Cc2c(C=O)c(C3CC3)n(CC=O)c21. The normalized spacial score (nSPS) is 21.8. The van der Waals surface area contributed by atoms with Crippen LogP contribution in [0.5, 0.6) is 0 Å². The predicted octanol–water partition coefficient (Wildman–Crippen LogP) is 3.46. The molecule has 2 aliphatic rings. The Morgan fingerprint density at radius 3 is 2.68 bits per heavy atom. The fourth-order valence-electron chi connectivity index (χ4n) is 3.18. The monoisotopic (exact) mass is 277 g/mol. The van der Waals surface area contributed by atoms with E-state index >= 15 is 0 Å². The Morgan fingerprint density at radius 2 is 2.11 bits per heavy atom. The van der Waals surface area contributed by atoms with Gasteiger partial charge >= 0.3 is 0 Å². The maximum atomic E-state index is 11.5. The molecule has 0 aromatic carbocycles. The van der Waals surface area contributed by atoms with Crippen molar-refractivity contribution < 1.29 is 9.59 Å². The molecule has 0 bridgehead atoms. The molecule has 3 rings (SSSR count). The molecular weight excluding hydrogens is 262 g/mol. The molecule has 1 heterocycles. The van der Waals surface area contributed by atoms with E-state index in [1.165, 1.54) is 0 Å². The number of hydrogen-bond donors (Lipinski definition) is 0. The zero-order valence-electron chi connectivity index (χ0n) is 10.9. The molecule has 19 heavy (non-hydrogen) atoms. The second kappa shape index (κ2) is 4.64. The lowest BCUT2D eigenvalue weighted by Crippen LogP contribution is -2.12. The summed E-state index contributed by atoms with van der Waals surface area (Å²) >= 11 is 6.17. The second-order valence-electron chi connectivity index (χ2n) is 5.46. The van der Waals surface area contributed by atoms with Gasteiger partial charge in [0.25, 0.3) is 0 Å². The van der Waals surface area contributed by atoms with Crippen LogP contribution in [0.3, 0.4) is 0 Å². The summed E-state index contributed by atoms with van der Waals surface area (Å²) in [5, 5.41) is 0.786. The minimum Gasteiger partial charge on any atom is -0.340 e. The quantitative estimate of drug-likeness (QED) is 0.791. The number of hydrogen-bond acceptors (Lipinski definition) is 2. The van der Waals surface area contributed by atoms with E-state index in [0.29, 0.717) is 12.5 Å². The molecule has 0 radical (unpaired) electrons. The molecule has 0 spiro atoms. The molecule has 1 fully saturated rings. The highest BCUT2D eigenvalue weighted by molar-refractivity contribution is 6.31. The third kappa shape index (κ3) is 1.96. The highest BCUT2D eigenvalue weighted by atomic mass is 35.5. The van der Waals surface area contributed by atoms with Crippen LogP contribution in [0.25, 0.3) is 6.08 Å². The van der Waals surface area contributed by atoms with Crippen molar-refractivity contribution in [2.75, 3.05) is 0 Å². The summed E-state index contributed by atoms with van der Waals surface area (Å²) in [5.41, 5.74) is 3.81. The molecule has 3 nitrogen and oxygen atoms in total. The molecule has 1 saturated carbocycles. The standard InChI is InChI=1S/C15H16ClNO2/c1-9-6-11(16)7-12-13(8-19)15(10-2-3-10)17(4-5-18)14(9)12/h5,7-10H,2-4,6H2,1H3. The van der Waals surface area contributed by atoms with Crippen LogP contribution in [-0.4, -0.2) is 17.1 Å². The molecule has 0 amide bonds. The Labute approximate surface area is 117 Å². The minimum atomic E-state index is 0.249. The van der Waals surface area contributed by atoms with Gasteiger partial charge < -0.3 is 9.36 Å². The topological polar surface area (TPSA) is 39.1 Å². The molecule has 0 saturated heterocycles. The third-order valence-corrected chi connectivity index (χ3v) is 4.30. The number of nitrogens with zero attached hydrogens (tertiary/aromatic N) is 1. The maximum absolute atomic E-state index is 11.5. The lowest BCUT2D eigenvalue weighted by molar-refractivity contribution is -0.108. The van der Waals surface area contributed by atoms with Crippen LogP contribution in [0.2, 0.25) is 0 Å². The molecule has 1 aromatic rings. The first-order chi connectivity index (χ1) is 9.17. The fourth-order valence-corrected chi connectivity index (χ4v) is 3.52. The first-order valence-electron chi connectivity index (χ1n) is 6.68. The molecule has 1 atom stereocenters. The Morgan fingerprint density at radius 1 is 1.37 bits per heavy atom. The minimum absolute atomic E-state index is 0.249. The lowest BCUT2D eigenvalue weighted by Gasteiger charge is -2.20. The van der Waals surface area contributed by atoms with E-state index < -0.39 is 0 Å². The molecule has 1 unspecified atom stereocenters. The molecule has 100 valence electrons. The molecule has 0 N–H and O–H groups in total. The largest absolute Gasteiger partial charge is 0.340 e. The number of aromatic nitrogens is 1. The number of carbonyl (C=O) groups is 2. The Kier molecular flexibility index (Phi) is 3.09. The van der Waals surface area contributed by atoms with Gasteiger partial charge in [-0.05, 0) is 31.3 Å². The molecule has 0 aliphatic heterocycles. The number of allylic oxidation sites excluding steroid dienone is 1. The molecular formula is C15H16ClNO2. The Bertz CT molecular complexity index is 581. The summed E-state index contributed by atoms with van der Waals surface area (Å²) in [7, 11) is 0. The van der Waals surface area contributed by atoms with E-state index in [-0.39, 0.29) is 5.92 Å². The average Bonchev–Trinajstić information content (AvgIpc) is 3.14. The van der Waals surface area contributed by atoms with E-state index in [0.717, 1.165) is 59.4 Å². The maximum Gasteiger partial charge on any atom is 0.152 e. The lowest BCUT2D eigenvalue weighted by atomic mass is 9.92. The first kappa shape index (κ1) is 12.7. The van der Waals surface area contributed by atoms with E-state index in [1.54, 1.807) is 0 Å². The van der Waals surface area contributed by atoms with E-state index in [4.69, 9.17) is 11.6 Å². The Balaban J connectivity index is 2.28. The van der Waals surface area contributed by atoms with E-state index in [9.17, 15) is 9.59 Å². The number of aldehydes is 2. The Hall–Kier alpha value is -1.35. The zero-order valence-corrected chi connectivity index (χ0v) is 11.6. The zero-order chi connectivity index (χ0) is 13.6. The number of halogens is 1. The highest BCUT2D eigenvalue weighted by Crippen LogP contribution is 2.47. The van der Waals surface area contributed by atoms with Crippen molar-refractivity contribution >= 4 is 30.2 Å². The summed E-state index contributed by atoms with van der Waals surface area (Å²) in [6, 6.07) is 0. The van der Waals surface area contributed by atoms with Crippen LogP contribution >= 0.6 is 11.6 Å². The molecule has 1 aromatic heterocycles. The van der Waals surface area contributed by atoms with Crippen molar-refractivity contribution in [3.8, 4) is 0 Å². The van der Waals surface area contributed by atoms with Gasteiger partial charge in [0.2, 0.25) is 0 Å². The van der Waals surface area contributed by atoms with Crippen LogP contribution in [0.1, 0.15) is 65.3 Å². The predicted molar refractivity (Wildman–Crippen MR) is 74.7 cm³/mol. The van der Waals surface area contributed by atoms with E-state index in [1.807, 2.05) is 10.6 Å². The highest BCUT2D eigenvalue weighted by Gasteiger charge is 2.35. The summed E-state index contributed by atoms with van der Waals surface area (Å²) in [4.78, 5) is 22.5. The van der Waals surface area contributed by atoms with Gasteiger partial charge in [-0.25, -0.2) is 0 Å². The van der Waals surface area contributed by atoms with E-state index in [2.05, 4.69) is 6.92 Å². The summed E-state index contributed by atoms with van der Waals surface area (Å²) < 4.78 is 2.05. The van der Waals surface area contributed by atoms with Crippen molar-refractivity contribution in [1.82, 2.24) is 4.57 Å². The first-order valence-corrected chi connectivity index (χ1v) is 7.06. The third-order valence-electron chi connectivity index (χ3n) is 4.03. The summed E-state index contributed by atoms with van der Waals surface area (Å²) in [6.07, 6.45) is 6.72. The van der Waals surface area contributed by atoms with Gasteiger partial charge in [-0.15, -0.1) is 0 Å². The molecule has 2 aliphatic carbocycles. The molecule has 4 heteroatoms. The average molecular weight is 278 g/mol. The van der Waals surface area contributed by atoms with Crippen molar-refractivity contribution in [2.45, 2.75) is 44.6 Å². The van der Waals surface area contributed by atoms with Gasteiger partial charge in [0.15, 0.2) is 6.29 Å². The van der Waals surface area contributed by atoms with Gasteiger partial charge in [0.05, 0.1) is 6.54 Å². The summed E-state index contributed by atoms with van der Waals surface area (Å²) in [5.74, 6) is 0.684. The van der Waals surface area contributed by atoms with Crippen LogP contribution in [0.4, 0.5) is 0 Å². The van der Waals surface area contributed by atoms with Crippen molar-refractivity contribution in [2.24, 2.45) is 0 Å². The van der Waals surface area contributed by atoms with Gasteiger partial charge in [-0.2, -0.15) is 0 Å². The number of rotatable bonds is 4. The van der Waals surface area contributed by atoms with Crippen LogP contribution in [0.15, 0.2) is 5.03 Å². The second-order valence-corrected chi connectivity index (χ2v) is 5.95. The van der Waals surface area contributed by atoms with Crippen molar-refractivity contribution in [3.05, 3.63) is 27.5 Å². The van der Waals surface area contributed by atoms with Gasteiger partial charge in [0, 0.05) is 33.5 Å². The van der Waals surface area contributed by atoms with Gasteiger partial charge in [0.1, 0.15) is 6.29 Å². The van der Waals surface area contributed by atoms with Gasteiger partial charge in [-0.1, -0.05) is 18.5 Å². The smallest absolute Gasteiger partial charge is 0.152 e.